The van der Waals surface area contributed by atoms with Crippen molar-refractivity contribution in [2.75, 3.05) is 13.2 Å². The summed E-state index contributed by atoms with van der Waals surface area (Å²) in [5, 5.41) is 11.2. The van der Waals surface area contributed by atoms with Crippen molar-refractivity contribution in [1.29, 1.82) is 5.26 Å². The van der Waals surface area contributed by atoms with Gasteiger partial charge in [-0.05, 0) is 35.9 Å². The van der Waals surface area contributed by atoms with Gasteiger partial charge in [-0.25, -0.2) is 4.79 Å². The van der Waals surface area contributed by atoms with Crippen LogP contribution in [-0.2, 0) is 20.9 Å². The Labute approximate surface area is 181 Å². The number of aromatic nitrogens is 1. The molecule has 0 unspecified atom stereocenters. The van der Waals surface area contributed by atoms with Gasteiger partial charge in [0.1, 0.15) is 5.75 Å². The molecule has 0 aliphatic carbocycles. The molecule has 30 heavy (non-hydrogen) atoms. The lowest BCUT2D eigenvalue weighted by Crippen LogP contribution is -2.22. The SMILES string of the molecule is N#Cc1ccc(OCC(=O)OCC(=O)N=c2sccn2Cc2ccccc2Cl)cc1. The molecule has 0 radical (unpaired) electrons. The summed E-state index contributed by atoms with van der Waals surface area (Å²) in [6.45, 7) is -0.377. The van der Waals surface area contributed by atoms with E-state index >= 15 is 0 Å². The predicted molar refractivity (Wildman–Crippen MR) is 111 cm³/mol. The van der Waals surface area contributed by atoms with Crippen LogP contribution in [0.4, 0.5) is 0 Å². The summed E-state index contributed by atoms with van der Waals surface area (Å²) in [7, 11) is 0. The maximum absolute atomic E-state index is 12.1. The Morgan fingerprint density at radius 1 is 1.13 bits per heavy atom. The third-order valence-electron chi connectivity index (χ3n) is 3.88. The number of esters is 1. The molecule has 7 nitrogen and oxygen atoms in total. The van der Waals surface area contributed by atoms with Gasteiger partial charge in [0.15, 0.2) is 18.0 Å². The van der Waals surface area contributed by atoms with Crippen LogP contribution < -0.4 is 9.54 Å². The van der Waals surface area contributed by atoms with Gasteiger partial charge in [0.25, 0.3) is 5.91 Å². The number of amides is 1. The first-order valence-electron chi connectivity index (χ1n) is 8.78. The molecule has 152 valence electrons. The van der Waals surface area contributed by atoms with Crippen LogP contribution in [0.2, 0.25) is 5.02 Å². The first-order chi connectivity index (χ1) is 14.5. The maximum Gasteiger partial charge on any atom is 0.344 e. The van der Waals surface area contributed by atoms with E-state index in [2.05, 4.69) is 4.99 Å². The molecule has 1 heterocycles. The maximum atomic E-state index is 12.1. The molecule has 0 aliphatic rings. The van der Waals surface area contributed by atoms with Crippen LogP contribution in [0.3, 0.4) is 0 Å². The van der Waals surface area contributed by atoms with Gasteiger partial charge >= 0.3 is 5.97 Å². The van der Waals surface area contributed by atoms with E-state index in [1.54, 1.807) is 46.5 Å². The minimum atomic E-state index is -0.696. The van der Waals surface area contributed by atoms with Crippen molar-refractivity contribution in [1.82, 2.24) is 4.57 Å². The lowest BCUT2D eigenvalue weighted by Gasteiger charge is -2.06. The van der Waals surface area contributed by atoms with Gasteiger partial charge in [-0.1, -0.05) is 29.8 Å². The number of thiazole rings is 1. The van der Waals surface area contributed by atoms with Crippen LogP contribution in [-0.4, -0.2) is 29.7 Å². The molecule has 0 saturated carbocycles. The Bertz CT molecular complexity index is 1150. The van der Waals surface area contributed by atoms with Crippen LogP contribution in [0.25, 0.3) is 0 Å². The third-order valence-corrected chi connectivity index (χ3v) is 5.04. The topological polar surface area (TPSA) is 93.7 Å². The number of nitriles is 1. The monoisotopic (exact) mass is 441 g/mol. The second kappa shape index (κ2) is 10.4. The van der Waals surface area contributed by atoms with E-state index in [9.17, 15) is 9.59 Å². The van der Waals surface area contributed by atoms with Crippen LogP contribution >= 0.6 is 22.9 Å². The Hall–Kier alpha value is -3.41. The first-order valence-corrected chi connectivity index (χ1v) is 10.0. The van der Waals surface area contributed by atoms with Crippen LogP contribution in [0, 0.1) is 11.3 Å². The number of ether oxygens (including phenoxy) is 2. The van der Waals surface area contributed by atoms with Crippen molar-refractivity contribution >= 4 is 34.8 Å². The van der Waals surface area contributed by atoms with Crippen LogP contribution in [0.15, 0.2) is 65.1 Å². The van der Waals surface area contributed by atoms with Gasteiger partial charge in [-0.15, -0.1) is 11.3 Å². The molecule has 0 fully saturated rings. The van der Waals surface area contributed by atoms with Gasteiger partial charge in [-0.3, -0.25) is 4.79 Å². The lowest BCUT2D eigenvalue weighted by atomic mass is 10.2. The van der Waals surface area contributed by atoms with E-state index in [1.165, 1.54) is 11.3 Å². The Balaban J connectivity index is 1.52. The van der Waals surface area contributed by atoms with Gasteiger partial charge in [0.2, 0.25) is 0 Å². The summed E-state index contributed by atoms with van der Waals surface area (Å²) < 4.78 is 12.0. The second-order valence-corrected chi connectivity index (χ2v) is 7.28. The molecule has 1 amide bonds. The average Bonchev–Trinajstić information content (AvgIpc) is 3.19. The van der Waals surface area contributed by atoms with Crippen molar-refractivity contribution in [2.24, 2.45) is 4.99 Å². The summed E-state index contributed by atoms with van der Waals surface area (Å²) in [6, 6.07) is 15.7. The van der Waals surface area contributed by atoms with E-state index in [1.807, 2.05) is 24.3 Å². The van der Waals surface area contributed by atoms with Crippen LogP contribution in [0.5, 0.6) is 5.75 Å². The Kier molecular flexibility index (Phi) is 7.38. The van der Waals surface area contributed by atoms with E-state index in [0.717, 1.165) is 5.56 Å². The number of rotatable bonds is 7. The molecule has 1 aromatic heterocycles. The number of benzene rings is 2. The van der Waals surface area contributed by atoms with Crippen molar-refractivity contribution in [3.05, 3.63) is 81.1 Å². The zero-order chi connectivity index (χ0) is 21.3. The molecule has 0 N–H and O–H groups in total. The normalized spacial score (nSPS) is 11.0. The number of hydrogen-bond acceptors (Lipinski definition) is 6. The van der Waals surface area contributed by atoms with Gasteiger partial charge in [0.05, 0.1) is 18.2 Å². The third kappa shape index (κ3) is 6.04. The summed E-state index contributed by atoms with van der Waals surface area (Å²) in [6.07, 6.45) is 1.80. The molecular formula is C21H16ClN3O4S. The highest BCUT2D eigenvalue weighted by Gasteiger charge is 2.09. The van der Waals surface area contributed by atoms with E-state index in [-0.39, 0.29) is 6.61 Å². The fourth-order valence-electron chi connectivity index (χ4n) is 2.41. The van der Waals surface area contributed by atoms with Crippen molar-refractivity contribution in [3.63, 3.8) is 0 Å². The summed E-state index contributed by atoms with van der Waals surface area (Å²) in [5.41, 5.74) is 1.38. The molecule has 0 spiro atoms. The molecule has 9 heteroatoms. The zero-order valence-corrected chi connectivity index (χ0v) is 17.2. The van der Waals surface area contributed by atoms with Crippen molar-refractivity contribution in [2.45, 2.75) is 6.54 Å². The quantitative estimate of drug-likeness (QED) is 0.525. The molecule has 0 aliphatic heterocycles. The smallest absolute Gasteiger partial charge is 0.344 e. The van der Waals surface area contributed by atoms with Gasteiger partial charge in [0, 0.05) is 16.6 Å². The van der Waals surface area contributed by atoms with E-state index < -0.39 is 18.5 Å². The summed E-state index contributed by atoms with van der Waals surface area (Å²) in [4.78, 5) is 28.3. The molecule has 0 bridgehead atoms. The fourth-order valence-corrected chi connectivity index (χ4v) is 3.35. The Morgan fingerprint density at radius 2 is 1.90 bits per heavy atom. The number of hydrogen-bond donors (Lipinski definition) is 0. The molecule has 3 rings (SSSR count). The highest BCUT2D eigenvalue weighted by molar-refractivity contribution is 7.07. The van der Waals surface area contributed by atoms with Gasteiger partial charge < -0.3 is 14.0 Å². The minimum absolute atomic E-state index is 0.356. The number of carbonyl (C=O) groups is 2. The molecule has 0 saturated heterocycles. The molecule has 3 aromatic rings. The van der Waals surface area contributed by atoms with E-state index in [4.69, 9.17) is 26.3 Å². The number of halogens is 1. The molecule has 2 aromatic carbocycles. The number of carbonyl (C=O) groups excluding carboxylic acids is 2. The van der Waals surface area contributed by atoms with Crippen molar-refractivity contribution in [3.8, 4) is 11.8 Å². The Morgan fingerprint density at radius 3 is 2.63 bits per heavy atom. The zero-order valence-electron chi connectivity index (χ0n) is 15.7. The molecule has 0 atom stereocenters. The molecular weight excluding hydrogens is 426 g/mol. The van der Waals surface area contributed by atoms with E-state index in [0.29, 0.717) is 27.7 Å². The number of nitrogens with zero attached hydrogens (tertiary/aromatic N) is 3. The summed E-state index contributed by atoms with van der Waals surface area (Å²) in [5.74, 6) is -0.865. The highest BCUT2D eigenvalue weighted by Crippen LogP contribution is 2.15. The van der Waals surface area contributed by atoms with Crippen molar-refractivity contribution < 1.29 is 19.1 Å². The van der Waals surface area contributed by atoms with Crippen LogP contribution in [0.1, 0.15) is 11.1 Å². The highest BCUT2D eigenvalue weighted by atomic mass is 35.5. The minimum Gasteiger partial charge on any atom is -0.482 e. The van der Waals surface area contributed by atoms with Gasteiger partial charge in [-0.2, -0.15) is 10.3 Å². The predicted octanol–water partition coefficient (Wildman–Crippen LogP) is 3.17. The summed E-state index contributed by atoms with van der Waals surface area (Å²) >= 11 is 7.47. The second-order valence-electron chi connectivity index (χ2n) is 6.00. The standard InChI is InChI=1S/C21H16ClN3O4S/c22-18-4-2-1-3-16(18)12-25-9-10-30-21(25)24-19(26)13-29-20(27)14-28-17-7-5-15(11-23)6-8-17/h1-10H,12-14H2. The lowest BCUT2D eigenvalue weighted by molar-refractivity contribution is -0.149. The first kappa shape index (κ1) is 21.3. The largest absolute Gasteiger partial charge is 0.482 e. The average molecular weight is 442 g/mol. The fraction of sp³-hybridized carbons (Fsp3) is 0.143.